The Morgan fingerprint density at radius 1 is 1.38 bits per heavy atom. The van der Waals surface area contributed by atoms with Gasteiger partial charge in [-0.3, -0.25) is 4.79 Å². The highest BCUT2D eigenvalue weighted by Crippen LogP contribution is 2.25. The van der Waals surface area contributed by atoms with Gasteiger partial charge in [-0.1, -0.05) is 19.9 Å². The number of ether oxygens (including phenoxy) is 1. The fourth-order valence-electron chi connectivity index (χ4n) is 2.19. The molecule has 5 nitrogen and oxygen atoms in total. The number of aliphatic carboxylic acids is 1. The molecule has 0 heterocycles. The summed E-state index contributed by atoms with van der Waals surface area (Å²) in [6.45, 7) is 6.62. The maximum absolute atomic E-state index is 11.0. The average molecular weight is 295 g/mol. The van der Waals surface area contributed by atoms with Gasteiger partial charge in [0.25, 0.3) is 0 Å². The Morgan fingerprint density at radius 2 is 2.05 bits per heavy atom. The molecule has 0 saturated heterocycles. The summed E-state index contributed by atoms with van der Waals surface area (Å²) in [4.78, 5) is 11.0. The number of rotatable bonds is 8. The molecular formula is C16H25NO4. The maximum Gasteiger partial charge on any atom is 0.305 e. The fourth-order valence-corrected chi connectivity index (χ4v) is 2.19. The Hall–Kier alpha value is -1.59. The predicted octanol–water partition coefficient (Wildman–Crippen LogP) is 2.13. The normalized spacial score (nSPS) is 14.0. The van der Waals surface area contributed by atoms with Crippen molar-refractivity contribution < 1.29 is 19.7 Å². The Bertz CT molecular complexity index is 473. The van der Waals surface area contributed by atoms with E-state index in [2.05, 4.69) is 5.32 Å². The Kier molecular flexibility index (Phi) is 6.65. The summed E-state index contributed by atoms with van der Waals surface area (Å²) in [5.41, 5.74) is 1.60. The Morgan fingerprint density at radius 3 is 2.52 bits per heavy atom. The van der Waals surface area contributed by atoms with Crippen molar-refractivity contribution in [3.05, 3.63) is 29.3 Å². The second-order valence-corrected chi connectivity index (χ2v) is 5.68. The van der Waals surface area contributed by atoms with E-state index >= 15 is 0 Å². The third-order valence-electron chi connectivity index (χ3n) is 3.32. The number of carbonyl (C=O) groups is 1. The van der Waals surface area contributed by atoms with Crippen molar-refractivity contribution in [1.82, 2.24) is 5.32 Å². The van der Waals surface area contributed by atoms with Gasteiger partial charge in [0, 0.05) is 6.04 Å². The number of hydrogen-bond acceptors (Lipinski definition) is 4. The lowest BCUT2D eigenvalue weighted by Crippen LogP contribution is -2.39. The van der Waals surface area contributed by atoms with Crippen LogP contribution in [0.4, 0.5) is 0 Å². The molecule has 0 aliphatic rings. The second-order valence-electron chi connectivity index (χ2n) is 5.68. The molecule has 0 fully saturated rings. The monoisotopic (exact) mass is 295 g/mol. The van der Waals surface area contributed by atoms with Gasteiger partial charge in [0.05, 0.1) is 19.6 Å². The molecule has 0 saturated carbocycles. The third-order valence-corrected chi connectivity index (χ3v) is 3.32. The van der Waals surface area contributed by atoms with E-state index in [-0.39, 0.29) is 6.42 Å². The molecule has 2 unspecified atom stereocenters. The first-order valence-corrected chi connectivity index (χ1v) is 7.13. The first-order chi connectivity index (χ1) is 9.85. The number of aliphatic hydroxyl groups excluding tert-OH is 1. The van der Waals surface area contributed by atoms with Crippen molar-refractivity contribution >= 4 is 5.97 Å². The van der Waals surface area contributed by atoms with Gasteiger partial charge in [-0.05, 0) is 42.6 Å². The highest BCUT2D eigenvalue weighted by Gasteiger charge is 2.24. The Balaban J connectivity index is 2.89. The molecule has 0 aromatic heterocycles. The number of aryl methyl sites for hydroxylation is 1. The van der Waals surface area contributed by atoms with Crippen molar-refractivity contribution in [2.24, 2.45) is 5.92 Å². The molecule has 0 spiro atoms. The van der Waals surface area contributed by atoms with E-state index in [4.69, 9.17) is 9.84 Å². The van der Waals surface area contributed by atoms with Crippen LogP contribution in [0.2, 0.25) is 0 Å². The van der Waals surface area contributed by atoms with E-state index in [1.807, 2.05) is 26.8 Å². The first kappa shape index (κ1) is 17.5. The zero-order valence-electron chi connectivity index (χ0n) is 13.1. The minimum Gasteiger partial charge on any atom is -0.496 e. The number of methoxy groups -OCH3 is 1. The minimum atomic E-state index is -0.930. The molecular weight excluding hydrogens is 270 g/mol. The van der Waals surface area contributed by atoms with Crippen LogP contribution in [0.5, 0.6) is 5.75 Å². The summed E-state index contributed by atoms with van der Waals surface area (Å²) < 4.78 is 5.19. The molecule has 0 aliphatic carbocycles. The van der Waals surface area contributed by atoms with Crippen LogP contribution in [0.1, 0.15) is 37.5 Å². The van der Waals surface area contributed by atoms with Gasteiger partial charge in [0.1, 0.15) is 5.75 Å². The van der Waals surface area contributed by atoms with Crippen LogP contribution in [0.25, 0.3) is 0 Å². The third kappa shape index (κ3) is 5.36. The molecule has 2 atom stereocenters. The lowest BCUT2D eigenvalue weighted by molar-refractivity contribution is -0.138. The summed E-state index contributed by atoms with van der Waals surface area (Å²) in [6.07, 6.45) is -0.997. The van der Waals surface area contributed by atoms with Gasteiger partial charge in [0.2, 0.25) is 0 Å². The van der Waals surface area contributed by atoms with Crippen LogP contribution in [-0.4, -0.2) is 35.9 Å². The largest absolute Gasteiger partial charge is 0.496 e. The zero-order valence-corrected chi connectivity index (χ0v) is 13.1. The molecule has 0 amide bonds. The highest BCUT2D eigenvalue weighted by atomic mass is 16.5. The Labute approximate surface area is 125 Å². The number of hydrogen-bond donors (Lipinski definition) is 3. The minimum absolute atomic E-state index is 0.126. The van der Waals surface area contributed by atoms with Gasteiger partial charge < -0.3 is 20.3 Å². The summed E-state index contributed by atoms with van der Waals surface area (Å²) in [5.74, 6) is 0.197. The smallest absolute Gasteiger partial charge is 0.305 e. The summed E-state index contributed by atoms with van der Waals surface area (Å²) in [6, 6.07) is 4.86. The van der Waals surface area contributed by atoms with Gasteiger partial charge in [-0.25, -0.2) is 0 Å². The van der Waals surface area contributed by atoms with Gasteiger partial charge in [-0.15, -0.1) is 0 Å². The number of benzene rings is 1. The molecule has 3 N–H and O–H groups in total. The van der Waals surface area contributed by atoms with Crippen LogP contribution in [0.3, 0.4) is 0 Å². The van der Waals surface area contributed by atoms with Gasteiger partial charge >= 0.3 is 5.97 Å². The van der Waals surface area contributed by atoms with Crippen LogP contribution in [0, 0.1) is 12.8 Å². The van der Waals surface area contributed by atoms with Crippen molar-refractivity contribution in [2.75, 3.05) is 13.7 Å². The van der Waals surface area contributed by atoms with Crippen molar-refractivity contribution in [3.8, 4) is 5.75 Å². The summed E-state index contributed by atoms with van der Waals surface area (Å²) in [5, 5.41) is 22.6. The van der Waals surface area contributed by atoms with E-state index in [0.717, 1.165) is 11.3 Å². The van der Waals surface area contributed by atoms with Gasteiger partial charge in [0.15, 0.2) is 0 Å². The van der Waals surface area contributed by atoms with Crippen molar-refractivity contribution in [2.45, 2.75) is 39.3 Å². The zero-order chi connectivity index (χ0) is 16.0. The molecule has 0 radical (unpaired) electrons. The fraction of sp³-hybridized carbons (Fsp3) is 0.562. The number of nitrogens with one attached hydrogen (secondary N) is 1. The van der Waals surface area contributed by atoms with E-state index in [0.29, 0.717) is 18.0 Å². The maximum atomic E-state index is 11.0. The van der Waals surface area contributed by atoms with E-state index in [9.17, 15) is 9.90 Å². The topological polar surface area (TPSA) is 78.8 Å². The number of aliphatic hydroxyl groups is 1. The SMILES string of the molecule is COc1ccc(C(O)C(CC(=O)O)NCC(C)C)cc1C. The standard InChI is InChI=1S/C16H25NO4/c1-10(2)9-17-13(8-15(18)19)16(20)12-5-6-14(21-4)11(3)7-12/h5-7,10,13,16-17,20H,8-9H2,1-4H3,(H,18,19). The van der Waals surface area contributed by atoms with E-state index in [1.165, 1.54) is 0 Å². The summed E-state index contributed by atoms with van der Waals surface area (Å²) in [7, 11) is 1.59. The molecule has 1 aromatic carbocycles. The lowest BCUT2D eigenvalue weighted by Gasteiger charge is -2.24. The molecule has 0 bridgehead atoms. The second kappa shape index (κ2) is 8.00. The molecule has 1 aromatic rings. The predicted molar refractivity (Wildman–Crippen MR) is 81.6 cm³/mol. The summed E-state index contributed by atoms with van der Waals surface area (Å²) >= 11 is 0. The first-order valence-electron chi connectivity index (χ1n) is 7.13. The molecule has 118 valence electrons. The molecule has 21 heavy (non-hydrogen) atoms. The number of carboxylic acids is 1. The number of carboxylic acid groups (broad SMARTS) is 1. The van der Waals surface area contributed by atoms with Crippen LogP contribution >= 0.6 is 0 Å². The van der Waals surface area contributed by atoms with Crippen LogP contribution in [0.15, 0.2) is 18.2 Å². The lowest BCUT2D eigenvalue weighted by atomic mass is 9.97. The average Bonchev–Trinajstić information content (AvgIpc) is 2.42. The quantitative estimate of drug-likeness (QED) is 0.684. The van der Waals surface area contributed by atoms with E-state index in [1.54, 1.807) is 19.2 Å². The molecule has 0 aliphatic heterocycles. The molecule has 1 rings (SSSR count). The van der Waals surface area contributed by atoms with Crippen LogP contribution in [-0.2, 0) is 4.79 Å². The van der Waals surface area contributed by atoms with Crippen LogP contribution < -0.4 is 10.1 Å². The van der Waals surface area contributed by atoms with Crippen molar-refractivity contribution in [1.29, 1.82) is 0 Å². The van der Waals surface area contributed by atoms with Crippen molar-refractivity contribution in [3.63, 3.8) is 0 Å². The molecule has 5 heteroatoms. The van der Waals surface area contributed by atoms with Gasteiger partial charge in [-0.2, -0.15) is 0 Å². The highest BCUT2D eigenvalue weighted by molar-refractivity contribution is 5.67. The van der Waals surface area contributed by atoms with E-state index < -0.39 is 18.1 Å².